The summed E-state index contributed by atoms with van der Waals surface area (Å²) in [6.07, 6.45) is 0.730. The molecule has 0 bridgehead atoms. The van der Waals surface area contributed by atoms with Gasteiger partial charge in [-0.3, -0.25) is 4.68 Å². The van der Waals surface area contributed by atoms with Crippen LogP contribution in [0.4, 0.5) is 0 Å². The van der Waals surface area contributed by atoms with Gasteiger partial charge in [-0.25, -0.2) is 0 Å². The first-order chi connectivity index (χ1) is 9.97. The Labute approximate surface area is 141 Å². The number of halogens is 2. The van der Waals surface area contributed by atoms with Crippen LogP contribution in [0.5, 0.6) is 5.75 Å². The molecule has 0 fully saturated rings. The molecule has 2 rings (SSSR count). The molecule has 0 aliphatic carbocycles. The quantitative estimate of drug-likeness (QED) is 0.801. The molecule has 0 spiro atoms. The maximum Gasteiger partial charge on any atom is 0.133 e. The Balaban J connectivity index is 2.25. The monoisotopic (exact) mass is 415 g/mol. The molecule has 0 amide bonds. The van der Waals surface area contributed by atoms with Crippen LogP contribution in [-0.4, -0.2) is 16.9 Å². The van der Waals surface area contributed by atoms with Crippen molar-refractivity contribution >= 4 is 31.9 Å². The van der Waals surface area contributed by atoms with Crippen LogP contribution in [0, 0.1) is 6.92 Å². The predicted octanol–water partition coefficient (Wildman–Crippen LogP) is 3.99. The zero-order chi connectivity index (χ0) is 15.6. The molecule has 1 atom stereocenters. The van der Waals surface area contributed by atoms with Crippen molar-refractivity contribution in [1.82, 2.24) is 9.78 Å². The zero-order valence-electron chi connectivity index (χ0n) is 12.4. The van der Waals surface area contributed by atoms with Crippen LogP contribution in [0.1, 0.15) is 29.9 Å². The summed E-state index contributed by atoms with van der Waals surface area (Å²) in [6, 6.07) is 5.85. The molecule has 0 aliphatic rings. The second-order valence-electron chi connectivity index (χ2n) is 4.87. The average Bonchev–Trinajstić information content (AvgIpc) is 2.74. The smallest absolute Gasteiger partial charge is 0.133 e. The highest BCUT2D eigenvalue weighted by Gasteiger charge is 2.17. The lowest BCUT2D eigenvalue weighted by atomic mass is 10.0. The highest BCUT2D eigenvalue weighted by Crippen LogP contribution is 2.30. The summed E-state index contributed by atoms with van der Waals surface area (Å²) in [5.41, 5.74) is 9.56. The van der Waals surface area contributed by atoms with Gasteiger partial charge in [0.2, 0.25) is 0 Å². The highest BCUT2D eigenvalue weighted by atomic mass is 79.9. The van der Waals surface area contributed by atoms with Gasteiger partial charge < -0.3 is 10.5 Å². The second-order valence-corrected chi connectivity index (χ2v) is 6.51. The molecule has 21 heavy (non-hydrogen) atoms. The minimum absolute atomic E-state index is 0.0927. The number of aryl methyl sites for hydroxylation is 2. The third-order valence-corrected chi connectivity index (χ3v) is 5.12. The van der Waals surface area contributed by atoms with Crippen LogP contribution in [0.2, 0.25) is 0 Å². The van der Waals surface area contributed by atoms with E-state index in [4.69, 9.17) is 10.5 Å². The minimum Gasteiger partial charge on any atom is -0.496 e. The lowest BCUT2D eigenvalue weighted by Gasteiger charge is -2.15. The first kappa shape index (κ1) is 16.5. The van der Waals surface area contributed by atoms with Crippen molar-refractivity contribution in [2.45, 2.75) is 32.9 Å². The van der Waals surface area contributed by atoms with Gasteiger partial charge in [0.1, 0.15) is 5.75 Å². The van der Waals surface area contributed by atoms with Crippen LogP contribution in [0.15, 0.2) is 27.1 Å². The summed E-state index contributed by atoms with van der Waals surface area (Å²) < 4.78 is 9.21. The van der Waals surface area contributed by atoms with Gasteiger partial charge >= 0.3 is 0 Å². The Morgan fingerprint density at radius 1 is 1.38 bits per heavy atom. The third-order valence-electron chi connectivity index (χ3n) is 3.47. The molecule has 1 heterocycles. The van der Waals surface area contributed by atoms with Crippen LogP contribution in [-0.2, 0) is 13.0 Å². The number of methoxy groups -OCH3 is 1. The van der Waals surface area contributed by atoms with Crippen molar-refractivity contribution in [3.63, 3.8) is 0 Å². The molecule has 0 saturated heterocycles. The van der Waals surface area contributed by atoms with Crippen molar-refractivity contribution < 1.29 is 4.74 Å². The number of nitrogens with two attached hydrogens (primary N) is 1. The Morgan fingerprint density at radius 3 is 2.67 bits per heavy atom. The van der Waals surface area contributed by atoms with Crippen molar-refractivity contribution in [1.29, 1.82) is 0 Å². The standard InChI is InChI=1S/C15H19Br2N3O/c1-4-20-13(15(17)9(2)19-20)8-12(18)10-5-6-14(21-3)11(16)7-10/h5-7,12H,4,8,18H2,1-3H3. The minimum atomic E-state index is -0.0927. The largest absolute Gasteiger partial charge is 0.496 e. The lowest BCUT2D eigenvalue weighted by molar-refractivity contribution is 0.412. The van der Waals surface area contributed by atoms with Crippen LogP contribution in [0.25, 0.3) is 0 Å². The molecule has 1 unspecified atom stereocenters. The van der Waals surface area contributed by atoms with Gasteiger partial charge in [-0.1, -0.05) is 6.07 Å². The summed E-state index contributed by atoms with van der Waals surface area (Å²) in [5.74, 6) is 0.807. The Morgan fingerprint density at radius 2 is 2.10 bits per heavy atom. The molecule has 1 aromatic heterocycles. The molecule has 0 aliphatic heterocycles. The van der Waals surface area contributed by atoms with Crippen LogP contribution in [0.3, 0.4) is 0 Å². The van der Waals surface area contributed by atoms with Crippen LogP contribution >= 0.6 is 31.9 Å². The van der Waals surface area contributed by atoms with E-state index in [1.54, 1.807) is 7.11 Å². The number of hydrogen-bond acceptors (Lipinski definition) is 3. The fraction of sp³-hybridized carbons (Fsp3) is 0.400. The molecule has 4 nitrogen and oxygen atoms in total. The summed E-state index contributed by atoms with van der Waals surface area (Å²) in [5, 5.41) is 4.51. The number of aromatic nitrogens is 2. The van der Waals surface area contributed by atoms with Crippen LogP contribution < -0.4 is 10.5 Å². The van der Waals surface area contributed by atoms with Crippen molar-refractivity contribution in [3.8, 4) is 5.75 Å². The van der Waals surface area contributed by atoms with E-state index in [-0.39, 0.29) is 6.04 Å². The summed E-state index contributed by atoms with van der Waals surface area (Å²) in [7, 11) is 1.65. The van der Waals surface area contributed by atoms with E-state index in [2.05, 4.69) is 43.9 Å². The second kappa shape index (κ2) is 6.94. The van der Waals surface area contributed by atoms with E-state index in [0.29, 0.717) is 0 Å². The first-order valence-corrected chi connectivity index (χ1v) is 8.37. The predicted molar refractivity (Wildman–Crippen MR) is 91.7 cm³/mol. The molecule has 0 saturated carbocycles. The Kier molecular flexibility index (Phi) is 5.46. The lowest BCUT2D eigenvalue weighted by Crippen LogP contribution is -2.16. The molecular formula is C15H19Br2N3O. The Hall–Kier alpha value is -0.850. The molecule has 1 aromatic carbocycles. The zero-order valence-corrected chi connectivity index (χ0v) is 15.5. The normalized spacial score (nSPS) is 12.5. The number of rotatable bonds is 5. The fourth-order valence-corrected chi connectivity index (χ4v) is 3.31. The summed E-state index contributed by atoms with van der Waals surface area (Å²) >= 11 is 7.11. The van der Waals surface area contributed by atoms with Gasteiger partial charge in [0.15, 0.2) is 0 Å². The van der Waals surface area contributed by atoms with E-state index in [1.807, 2.05) is 29.8 Å². The van der Waals surface area contributed by atoms with E-state index in [1.165, 1.54) is 0 Å². The van der Waals surface area contributed by atoms with Crippen molar-refractivity contribution in [2.24, 2.45) is 5.73 Å². The highest BCUT2D eigenvalue weighted by molar-refractivity contribution is 9.10. The molecule has 2 N–H and O–H groups in total. The maximum absolute atomic E-state index is 6.37. The van der Waals surface area contributed by atoms with E-state index in [9.17, 15) is 0 Å². The van der Waals surface area contributed by atoms with Gasteiger partial charge in [-0.15, -0.1) is 0 Å². The Bertz CT molecular complexity index is 640. The topological polar surface area (TPSA) is 53.1 Å². The SMILES string of the molecule is CCn1nc(C)c(Br)c1CC(N)c1ccc(OC)c(Br)c1. The van der Waals surface area contributed by atoms with Gasteiger partial charge in [0, 0.05) is 19.0 Å². The van der Waals surface area contributed by atoms with Gasteiger partial charge in [0.05, 0.1) is 27.4 Å². The van der Waals surface area contributed by atoms with Crippen molar-refractivity contribution in [2.75, 3.05) is 7.11 Å². The molecular weight excluding hydrogens is 398 g/mol. The van der Waals surface area contributed by atoms with E-state index in [0.717, 1.165) is 44.6 Å². The molecule has 0 radical (unpaired) electrons. The third kappa shape index (κ3) is 3.49. The first-order valence-electron chi connectivity index (χ1n) is 6.78. The number of hydrogen-bond donors (Lipinski definition) is 1. The summed E-state index contributed by atoms with van der Waals surface area (Å²) in [6.45, 7) is 4.91. The van der Waals surface area contributed by atoms with E-state index >= 15 is 0 Å². The number of ether oxygens (including phenoxy) is 1. The summed E-state index contributed by atoms with van der Waals surface area (Å²) in [4.78, 5) is 0. The molecule has 2 aromatic rings. The van der Waals surface area contributed by atoms with Gasteiger partial charge in [-0.05, 0) is 63.4 Å². The van der Waals surface area contributed by atoms with Gasteiger partial charge in [-0.2, -0.15) is 5.10 Å². The average molecular weight is 417 g/mol. The fourth-order valence-electron chi connectivity index (χ4n) is 2.30. The molecule has 114 valence electrons. The number of benzene rings is 1. The maximum atomic E-state index is 6.37. The number of nitrogens with zero attached hydrogens (tertiary/aromatic N) is 2. The van der Waals surface area contributed by atoms with Crippen molar-refractivity contribution in [3.05, 3.63) is 44.1 Å². The van der Waals surface area contributed by atoms with Gasteiger partial charge in [0.25, 0.3) is 0 Å². The van der Waals surface area contributed by atoms with E-state index < -0.39 is 0 Å². The molecule has 6 heteroatoms.